The van der Waals surface area contributed by atoms with Crippen LogP contribution < -0.4 is 4.90 Å². The Bertz CT molecular complexity index is 465. The molecule has 2 N–H and O–H groups in total. The van der Waals surface area contributed by atoms with Gasteiger partial charge in [-0.2, -0.15) is 5.26 Å². The monoisotopic (exact) mass is 246 g/mol. The molecule has 0 saturated carbocycles. The van der Waals surface area contributed by atoms with Crippen molar-refractivity contribution in [2.45, 2.75) is 31.9 Å². The predicted octanol–water partition coefficient (Wildman–Crippen LogP) is 1.57. The second-order valence-corrected chi connectivity index (χ2v) is 4.73. The zero-order chi connectivity index (χ0) is 13.1. The molecule has 1 aromatic carbocycles. The summed E-state index contributed by atoms with van der Waals surface area (Å²) in [7, 11) is 0. The number of anilines is 1. The maximum atomic E-state index is 9.82. The van der Waals surface area contributed by atoms with Crippen LogP contribution in [0.4, 0.5) is 5.69 Å². The molecule has 96 valence electrons. The lowest BCUT2D eigenvalue weighted by molar-refractivity contribution is 0.199. The number of rotatable bonds is 3. The van der Waals surface area contributed by atoms with E-state index in [2.05, 4.69) is 11.0 Å². The van der Waals surface area contributed by atoms with E-state index in [1.165, 1.54) is 0 Å². The molecule has 0 radical (unpaired) electrons. The van der Waals surface area contributed by atoms with Crippen LogP contribution in [0.5, 0.6) is 0 Å². The lowest BCUT2D eigenvalue weighted by Gasteiger charge is -2.28. The van der Waals surface area contributed by atoms with Gasteiger partial charge in [0.15, 0.2) is 0 Å². The number of benzene rings is 1. The fourth-order valence-electron chi connectivity index (χ4n) is 2.56. The number of hydrogen-bond donors (Lipinski definition) is 2. The SMILES string of the molecule is C[C@@H](O)c1ccc(C#N)cc1N1CCCC1CO. The fraction of sp³-hybridized carbons (Fsp3) is 0.500. The molecule has 18 heavy (non-hydrogen) atoms. The van der Waals surface area contributed by atoms with Gasteiger partial charge in [0.25, 0.3) is 0 Å². The molecule has 0 bridgehead atoms. The van der Waals surface area contributed by atoms with Crippen LogP contribution in [0.2, 0.25) is 0 Å². The summed E-state index contributed by atoms with van der Waals surface area (Å²) in [4.78, 5) is 2.10. The Morgan fingerprint density at radius 3 is 2.94 bits per heavy atom. The second-order valence-electron chi connectivity index (χ2n) is 4.73. The number of aliphatic hydroxyl groups excluding tert-OH is 2. The standard InChI is InChI=1S/C14H18N2O2/c1-10(18)13-5-4-11(8-15)7-14(13)16-6-2-3-12(16)9-17/h4-5,7,10,12,17-18H,2-3,6,9H2,1H3/t10-,12?/m1/s1. The minimum absolute atomic E-state index is 0.0939. The molecule has 1 aliphatic rings. The second kappa shape index (κ2) is 5.38. The minimum atomic E-state index is -0.576. The van der Waals surface area contributed by atoms with Gasteiger partial charge in [0, 0.05) is 17.8 Å². The van der Waals surface area contributed by atoms with Gasteiger partial charge >= 0.3 is 0 Å². The van der Waals surface area contributed by atoms with Crippen molar-refractivity contribution in [3.05, 3.63) is 29.3 Å². The predicted molar refractivity (Wildman–Crippen MR) is 69.2 cm³/mol. The molecule has 4 nitrogen and oxygen atoms in total. The van der Waals surface area contributed by atoms with E-state index in [-0.39, 0.29) is 12.6 Å². The van der Waals surface area contributed by atoms with Gasteiger partial charge in [-0.3, -0.25) is 0 Å². The van der Waals surface area contributed by atoms with E-state index in [1.807, 2.05) is 0 Å². The van der Waals surface area contributed by atoms with Crippen LogP contribution in [-0.2, 0) is 0 Å². The van der Waals surface area contributed by atoms with E-state index in [9.17, 15) is 10.2 Å². The molecule has 0 amide bonds. The number of aliphatic hydroxyl groups is 2. The van der Waals surface area contributed by atoms with Crippen molar-refractivity contribution in [3.63, 3.8) is 0 Å². The Morgan fingerprint density at radius 2 is 2.33 bits per heavy atom. The van der Waals surface area contributed by atoms with Gasteiger partial charge in [-0.1, -0.05) is 6.07 Å². The third-order valence-electron chi connectivity index (χ3n) is 3.51. The lowest BCUT2D eigenvalue weighted by atomic mass is 10.0. The molecular formula is C14H18N2O2. The first-order valence-electron chi connectivity index (χ1n) is 6.27. The average Bonchev–Trinajstić information content (AvgIpc) is 2.85. The first-order chi connectivity index (χ1) is 8.67. The summed E-state index contributed by atoms with van der Waals surface area (Å²) in [5.41, 5.74) is 2.27. The maximum Gasteiger partial charge on any atom is 0.0992 e. The molecule has 1 aliphatic heterocycles. The number of nitriles is 1. The van der Waals surface area contributed by atoms with Crippen LogP contribution >= 0.6 is 0 Å². The first kappa shape index (κ1) is 12.9. The largest absolute Gasteiger partial charge is 0.394 e. The smallest absolute Gasteiger partial charge is 0.0992 e. The van der Waals surface area contributed by atoms with E-state index >= 15 is 0 Å². The molecule has 4 heteroatoms. The molecule has 1 heterocycles. The van der Waals surface area contributed by atoms with Crippen LogP contribution in [0.25, 0.3) is 0 Å². The average molecular weight is 246 g/mol. The first-order valence-corrected chi connectivity index (χ1v) is 6.27. The fourth-order valence-corrected chi connectivity index (χ4v) is 2.56. The zero-order valence-corrected chi connectivity index (χ0v) is 10.5. The molecule has 2 rings (SSSR count). The molecule has 0 spiro atoms. The Morgan fingerprint density at radius 1 is 1.56 bits per heavy atom. The van der Waals surface area contributed by atoms with Gasteiger partial charge in [0.2, 0.25) is 0 Å². The summed E-state index contributed by atoms with van der Waals surface area (Å²) < 4.78 is 0. The Hall–Kier alpha value is -1.57. The quantitative estimate of drug-likeness (QED) is 0.849. The third kappa shape index (κ3) is 2.33. The van der Waals surface area contributed by atoms with Gasteiger partial charge in [0.1, 0.15) is 0 Å². The Balaban J connectivity index is 2.43. The highest BCUT2D eigenvalue weighted by Crippen LogP contribution is 2.32. The molecular weight excluding hydrogens is 228 g/mol. The van der Waals surface area contributed by atoms with E-state index in [0.717, 1.165) is 30.6 Å². The van der Waals surface area contributed by atoms with Gasteiger partial charge < -0.3 is 15.1 Å². The molecule has 1 saturated heterocycles. The van der Waals surface area contributed by atoms with Crippen molar-refractivity contribution < 1.29 is 10.2 Å². The van der Waals surface area contributed by atoms with Crippen molar-refractivity contribution in [1.29, 1.82) is 5.26 Å². The summed E-state index contributed by atoms with van der Waals surface area (Å²) in [5, 5.41) is 28.2. The van der Waals surface area contributed by atoms with Gasteiger partial charge in [-0.25, -0.2) is 0 Å². The Kier molecular flexibility index (Phi) is 3.85. The highest BCUT2D eigenvalue weighted by Gasteiger charge is 2.26. The van der Waals surface area contributed by atoms with Crippen LogP contribution in [-0.4, -0.2) is 29.4 Å². The van der Waals surface area contributed by atoms with E-state index in [1.54, 1.807) is 25.1 Å². The van der Waals surface area contributed by atoms with Crippen molar-refractivity contribution in [3.8, 4) is 6.07 Å². The van der Waals surface area contributed by atoms with Crippen molar-refractivity contribution in [2.24, 2.45) is 0 Å². The Labute approximate surface area is 107 Å². The van der Waals surface area contributed by atoms with Crippen molar-refractivity contribution >= 4 is 5.69 Å². The highest BCUT2D eigenvalue weighted by molar-refractivity contribution is 5.59. The van der Waals surface area contributed by atoms with E-state index < -0.39 is 6.10 Å². The zero-order valence-electron chi connectivity index (χ0n) is 10.5. The van der Waals surface area contributed by atoms with Crippen LogP contribution in [0.3, 0.4) is 0 Å². The van der Waals surface area contributed by atoms with Gasteiger partial charge in [-0.15, -0.1) is 0 Å². The molecule has 1 aromatic rings. The van der Waals surface area contributed by atoms with Crippen molar-refractivity contribution in [1.82, 2.24) is 0 Å². The topological polar surface area (TPSA) is 67.5 Å². The molecule has 0 aromatic heterocycles. The number of hydrogen-bond acceptors (Lipinski definition) is 4. The van der Waals surface area contributed by atoms with Crippen molar-refractivity contribution in [2.75, 3.05) is 18.1 Å². The summed E-state index contributed by atoms with van der Waals surface area (Å²) >= 11 is 0. The highest BCUT2D eigenvalue weighted by atomic mass is 16.3. The summed E-state index contributed by atoms with van der Waals surface area (Å²) in [6, 6.07) is 7.53. The maximum absolute atomic E-state index is 9.82. The summed E-state index contributed by atoms with van der Waals surface area (Å²) in [6.07, 6.45) is 1.40. The van der Waals surface area contributed by atoms with Crippen LogP contribution in [0, 0.1) is 11.3 Å². The summed E-state index contributed by atoms with van der Waals surface area (Å²) in [5.74, 6) is 0. The van der Waals surface area contributed by atoms with E-state index in [0.29, 0.717) is 5.56 Å². The minimum Gasteiger partial charge on any atom is -0.394 e. The lowest BCUT2D eigenvalue weighted by Crippen LogP contribution is -2.33. The third-order valence-corrected chi connectivity index (χ3v) is 3.51. The molecule has 0 aliphatic carbocycles. The van der Waals surface area contributed by atoms with Gasteiger partial charge in [-0.05, 0) is 31.9 Å². The molecule has 1 unspecified atom stereocenters. The molecule has 2 atom stereocenters. The normalized spacial score (nSPS) is 20.8. The van der Waals surface area contributed by atoms with Crippen LogP contribution in [0.15, 0.2) is 18.2 Å². The summed E-state index contributed by atoms with van der Waals surface area (Å²) in [6.45, 7) is 2.69. The molecule has 1 fully saturated rings. The van der Waals surface area contributed by atoms with E-state index in [4.69, 9.17) is 5.26 Å². The van der Waals surface area contributed by atoms with Gasteiger partial charge in [0.05, 0.1) is 30.4 Å². The van der Waals surface area contributed by atoms with Crippen LogP contribution in [0.1, 0.15) is 37.0 Å². The number of nitrogens with zero attached hydrogens (tertiary/aromatic N) is 2.